The van der Waals surface area contributed by atoms with Gasteiger partial charge in [-0.1, -0.05) is 31.4 Å². The number of rotatable bonds is 4. The molecule has 0 unspecified atom stereocenters. The van der Waals surface area contributed by atoms with Crippen molar-refractivity contribution < 1.29 is 14.4 Å². The highest BCUT2D eigenvalue weighted by Crippen LogP contribution is 2.29. The number of urea groups is 1. The van der Waals surface area contributed by atoms with Crippen LogP contribution in [0.3, 0.4) is 0 Å². The van der Waals surface area contributed by atoms with Gasteiger partial charge in [0.1, 0.15) is 12.1 Å². The molecule has 142 valence electrons. The monoisotopic (exact) mass is 368 g/mol. The van der Waals surface area contributed by atoms with Crippen LogP contribution in [-0.4, -0.2) is 47.3 Å². The Labute approximate surface area is 158 Å². The maximum atomic E-state index is 13.0. The summed E-state index contributed by atoms with van der Waals surface area (Å²) in [5.41, 5.74) is -0.356. The van der Waals surface area contributed by atoms with E-state index >= 15 is 0 Å². The molecule has 0 spiro atoms. The molecule has 2 fully saturated rings. The van der Waals surface area contributed by atoms with Gasteiger partial charge in [0.25, 0.3) is 5.91 Å². The highest BCUT2D eigenvalue weighted by Gasteiger charge is 2.49. The molecule has 1 aromatic carbocycles. The quantitative estimate of drug-likeness (QED) is 0.824. The number of hydrogen-bond donors (Lipinski definition) is 1. The highest BCUT2D eigenvalue weighted by atomic mass is 16.2. The van der Waals surface area contributed by atoms with Gasteiger partial charge in [0.2, 0.25) is 5.91 Å². The van der Waals surface area contributed by atoms with Gasteiger partial charge in [0.05, 0.1) is 11.6 Å². The Morgan fingerprint density at radius 1 is 1.33 bits per heavy atom. The molecule has 1 aliphatic carbocycles. The van der Waals surface area contributed by atoms with Crippen molar-refractivity contribution in [1.29, 1.82) is 5.26 Å². The molecule has 2 aliphatic rings. The number of nitrogens with zero attached hydrogens (tertiary/aromatic N) is 3. The molecule has 1 N–H and O–H groups in total. The minimum Gasteiger partial charge on any atom is -0.341 e. The molecule has 7 nitrogen and oxygen atoms in total. The second kappa shape index (κ2) is 7.39. The first kappa shape index (κ1) is 18.9. The van der Waals surface area contributed by atoms with E-state index < -0.39 is 17.5 Å². The Kier molecular flexibility index (Phi) is 5.17. The fourth-order valence-corrected chi connectivity index (χ4v) is 3.85. The first-order valence-corrected chi connectivity index (χ1v) is 9.27. The number of benzene rings is 1. The van der Waals surface area contributed by atoms with Crippen LogP contribution < -0.4 is 5.32 Å². The molecule has 7 heteroatoms. The number of amides is 4. The summed E-state index contributed by atoms with van der Waals surface area (Å²) in [5.74, 6) is -0.714. The molecule has 1 aliphatic heterocycles. The summed E-state index contributed by atoms with van der Waals surface area (Å²) in [6, 6.07) is 8.19. The van der Waals surface area contributed by atoms with Crippen molar-refractivity contribution in [2.45, 2.75) is 50.6 Å². The zero-order chi connectivity index (χ0) is 19.6. The van der Waals surface area contributed by atoms with E-state index in [0.29, 0.717) is 11.1 Å². The minimum atomic E-state index is -1.28. The van der Waals surface area contributed by atoms with E-state index in [4.69, 9.17) is 5.26 Å². The summed E-state index contributed by atoms with van der Waals surface area (Å²) in [6.07, 6.45) is 5.30. The van der Waals surface area contributed by atoms with Gasteiger partial charge in [0, 0.05) is 13.1 Å². The molecule has 0 aromatic heterocycles. The zero-order valence-electron chi connectivity index (χ0n) is 15.7. The number of carbonyl (C=O) groups excluding carboxylic acids is 3. The summed E-state index contributed by atoms with van der Waals surface area (Å²) < 4.78 is 0. The summed E-state index contributed by atoms with van der Waals surface area (Å²) in [7, 11) is 1.74. The number of hydrogen-bond acceptors (Lipinski definition) is 4. The summed E-state index contributed by atoms with van der Waals surface area (Å²) >= 11 is 0. The number of likely N-dealkylation sites (N-methyl/N-ethyl adjacent to an activating group) is 1. The van der Waals surface area contributed by atoms with Crippen molar-refractivity contribution in [1.82, 2.24) is 15.1 Å². The predicted molar refractivity (Wildman–Crippen MR) is 98.4 cm³/mol. The lowest BCUT2D eigenvalue weighted by Crippen LogP contribution is -2.46. The molecule has 1 saturated heterocycles. The average molecular weight is 368 g/mol. The van der Waals surface area contributed by atoms with Crippen molar-refractivity contribution in [3.63, 3.8) is 0 Å². The lowest BCUT2D eigenvalue weighted by atomic mass is 9.91. The molecule has 0 bridgehead atoms. The van der Waals surface area contributed by atoms with Crippen molar-refractivity contribution in [2.75, 3.05) is 13.6 Å². The van der Waals surface area contributed by atoms with Crippen LogP contribution in [0.25, 0.3) is 0 Å². The fourth-order valence-electron chi connectivity index (χ4n) is 3.85. The summed E-state index contributed by atoms with van der Waals surface area (Å²) in [6.45, 7) is 1.32. The molecular weight excluding hydrogens is 344 g/mol. The van der Waals surface area contributed by atoms with Gasteiger partial charge >= 0.3 is 6.03 Å². The Morgan fingerprint density at radius 3 is 2.70 bits per heavy atom. The molecule has 4 amide bonds. The van der Waals surface area contributed by atoms with E-state index in [2.05, 4.69) is 5.32 Å². The van der Waals surface area contributed by atoms with Crippen molar-refractivity contribution in [2.24, 2.45) is 0 Å². The molecule has 0 radical (unpaired) electrons. The highest BCUT2D eigenvalue weighted by molar-refractivity contribution is 6.09. The van der Waals surface area contributed by atoms with Gasteiger partial charge in [-0.3, -0.25) is 14.5 Å². The molecule has 1 atom stereocenters. The third kappa shape index (κ3) is 3.52. The van der Waals surface area contributed by atoms with Gasteiger partial charge < -0.3 is 10.2 Å². The second-order valence-corrected chi connectivity index (χ2v) is 7.44. The number of nitriles is 1. The summed E-state index contributed by atoms with van der Waals surface area (Å²) in [5, 5.41) is 11.8. The molecule has 27 heavy (non-hydrogen) atoms. The van der Waals surface area contributed by atoms with Crippen molar-refractivity contribution in [3.05, 3.63) is 35.4 Å². The SMILES string of the molecule is CN(C(=O)CN1C(=O)N[C@](C)(c2cccc(C#N)c2)C1=O)C1CCCCC1. The Bertz CT molecular complexity index is 810. The number of nitrogens with one attached hydrogen (secondary N) is 1. The molecule has 3 rings (SSSR count). The van der Waals surface area contributed by atoms with E-state index in [9.17, 15) is 14.4 Å². The van der Waals surface area contributed by atoms with Crippen LogP contribution in [0.2, 0.25) is 0 Å². The van der Waals surface area contributed by atoms with Crippen LogP contribution in [0, 0.1) is 11.3 Å². The van der Waals surface area contributed by atoms with Crippen LogP contribution in [0.1, 0.15) is 50.2 Å². The smallest absolute Gasteiger partial charge is 0.325 e. The Balaban J connectivity index is 1.75. The van der Waals surface area contributed by atoms with E-state index in [0.717, 1.165) is 30.6 Å². The number of carbonyl (C=O) groups is 3. The topological polar surface area (TPSA) is 93.5 Å². The van der Waals surface area contributed by atoms with Crippen molar-refractivity contribution >= 4 is 17.8 Å². The molecule has 1 saturated carbocycles. The lowest BCUT2D eigenvalue weighted by Gasteiger charge is -2.32. The Hall–Kier alpha value is -2.88. The zero-order valence-corrected chi connectivity index (χ0v) is 15.7. The van der Waals surface area contributed by atoms with Crippen LogP contribution in [0.15, 0.2) is 24.3 Å². The minimum absolute atomic E-state index is 0.172. The van der Waals surface area contributed by atoms with E-state index in [-0.39, 0.29) is 18.5 Å². The first-order chi connectivity index (χ1) is 12.9. The normalized spacial score (nSPS) is 23.1. The molecule has 1 heterocycles. The van der Waals surface area contributed by atoms with Crippen LogP contribution in [0.4, 0.5) is 4.79 Å². The third-order valence-electron chi connectivity index (χ3n) is 5.65. The fraction of sp³-hybridized carbons (Fsp3) is 0.500. The van der Waals surface area contributed by atoms with Crippen LogP contribution in [-0.2, 0) is 15.1 Å². The van der Waals surface area contributed by atoms with Gasteiger partial charge in [-0.05, 0) is 37.5 Å². The van der Waals surface area contributed by atoms with E-state index in [1.54, 1.807) is 43.1 Å². The largest absolute Gasteiger partial charge is 0.341 e. The van der Waals surface area contributed by atoms with E-state index in [1.807, 2.05) is 6.07 Å². The maximum Gasteiger partial charge on any atom is 0.325 e. The van der Waals surface area contributed by atoms with Gasteiger partial charge in [0.15, 0.2) is 0 Å². The second-order valence-electron chi connectivity index (χ2n) is 7.44. The molecule has 1 aromatic rings. The van der Waals surface area contributed by atoms with Gasteiger partial charge in [-0.25, -0.2) is 4.79 Å². The maximum absolute atomic E-state index is 13.0. The van der Waals surface area contributed by atoms with Crippen LogP contribution in [0.5, 0.6) is 0 Å². The molecular formula is C20H24N4O3. The predicted octanol–water partition coefficient (Wildman–Crippen LogP) is 2.12. The summed E-state index contributed by atoms with van der Waals surface area (Å²) in [4.78, 5) is 40.7. The first-order valence-electron chi connectivity index (χ1n) is 9.27. The van der Waals surface area contributed by atoms with Crippen LogP contribution >= 0.6 is 0 Å². The Morgan fingerprint density at radius 2 is 2.04 bits per heavy atom. The standard InChI is InChI=1S/C20H24N4O3/c1-20(15-8-6-7-14(11-15)12-21)18(26)24(19(27)22-20)13-17(25)23(2)16-9-4-3-5-10-16/h6-8,11,16H,3-5,9-10,13H2,1-2H3,(H,22,27)/t20-/m1/s1. The van der Waals surface area contributed by atoms with E-state index in [1.165, 1.54) is 6.42 Å². The third-order valence-corrected chi connectivity index (χ3v) is 5.65. The van der Waals surface area contributed by atoms with Gasteiger partial charge in [-0.15, -0.1) is 0 Å². The average Bonchev–Trinajstić information content (AvgIpc) is 2.92. The lowest BCUT2D eigenvalue weighted by molar-refractivity contribution is -0.139. The number of imide groups is 1. The van der Waals surface area contributed by atoms with Crippen molar-refractivity contribution in [3.8, 4) is 6.07 Å². The van der Waals surface area contributed by atoms with Gasteiger partial charge in [-0.2, -0.15) is 5.26 Å².